The van der Waals surface area contributed by atoms with Gasteiger partial charge in [-0.25, -0.2) is 0 Å². The summed E-state index contributed by atoms with van der Waals surface area (Å²) in [5.74, 6) is -0.220. The van der Waals surface area contributed by atoms with Crippen LogP contribution < -0.4 is 5.32 Å². The maximum Gasteiger partial charge on any atom is 0.293 e. The van der Waals surface area contributed by atoms with Crippen LogP contribution in [-0.2, 0) is 6.42 Å². The van der Waals surface area contributed by atoms with Gasteiger partial charge in [-0.2, -0.15) is 0 Å². The first-order valence-corrected chi connectivity index (χ1v) is 7.20. The summed E-state index contributed by atoms with van der Waals surface area (Å²) in [6.07, 6.45) is 0.127. The molecule has 0 aliphatic heterocycles. The lowest BCUT2D eigenvalue weighted by atomic mass is 10.1. The molecule has 0 saturated carbocycles. The minimum atomic E-state index is -0.517. The van der Waals surface area contributed by atoms with Crippen molar-refractivity contribution in [3.63, 3.8) is 0 Å². The molecule has 0 radical (unpaired) electrons. The number of nitro groups is 1. The van der Waals surface area contributed by atoms with Gasteiger partial charge in [0.1, 0.15) is 5.69 Å². The van der Waals surface area contributed by atoms with Crippen LogP contribution in [0.4, 0.5) is 17.1 Å². The Labute approximate surface area is 133 Å². The lowest BCUT2D eigenvalue weighted by Crippen LogP contribution is -2.04. The predicted molar refractivity (Wildman–Crippen MR) is 88.2 cm³/mol. The van der Waals surface area contributed by atoms with Crippen LogP contribution in [0.25, 0.3) is 0 Å². The number of benzene rings is 2. The largest absolute Gasteiger partial charge is 0.393 e. The molecule has 0 aromatic heterocycles. The normalized spacial score (nSPS) is 11.8. The molecule has 0 saturated heterocycles. The van der Waals surface area contributed by atoms with E-state index in [4.69, 9.17) is 0 Å². The minimum absolute atomic E-state index is 0.147. The van der Waals surface area contributed by atoms with Crippen molar-refractivity contribution in [2.24, 2.45) is 0 Å². The van der Waals surface area contributed by atoms with Crippen LogP contribution in [0.2, 0.25) is 0 Å². The molecule has 2 aromatic carbocycles. The first kappa shape index (κ1) is 16.6. The molecule has 0 fully saturated rings. The quantitative estimate of drug-likeness (QED) is 0.484. The van der Waals surface area contributed by atoms with Gasteiger partial charge in [-0.15, -0.1) is 0 Å². The molecule has 2 aromatic rings. The molecule has 2 rings (SSSR count). The van der Waals surface area contributed by atoms with Gasteiger partial charge in [0, 0.05) is 17.3 Å². The topological polar surface area (TPSA) is 92.5 Å². The number of anilines is 2. The van der Waals surface area contributed by atoms with E-state index in [2.05, 4.69) is 5.32 Å². The molecule has 0 aliphatic carbocycles. The summed E-state index contributed by atoms with van der Waals surface area (Å²) in [6.45, 7) is 3.08. The smallest absolute Gasteiger partial charge is 0.293 e. The van der Waals surface area contributed by atoms with Crippen molar-refractivity contribution in [1.82, 2.24) is 0 Å². The second-order valence-electron chi connectivity index (χ2n) is 5.42. The van der Waals surface area contributed by atoms with Gasteiger partial charge in [0.15, 0.2) is 5.78 Å². The van der Waals surface area contributed by atoms with Gasteiger partial charge >= 0.3 is 0 Å². The van der Waals surface area contributed by atoms with Crippen molar-refractivity contribution in [1.29, 1.82) is 0 Å². The molecule has 0 heterocycles. The van der Waals surface area contributed by atoms with Gasteiger partial charge in [0.25, 0.3) is 5.69 Å². The second-order valence-corrected chi connectivity index (χ2v) is 5.42. The molecular weight excluding hydrogens is 296 g/mol. The molecule has 23 heavy (non-hydrogen) atoms. The lowest BCUT2D eigenvalue weighted by Gasteiger charge is -2.09. The maximum atomic E-state index is 11.4. The van der Waals surface area contributed by atoms with Crippen molar-refractivity contribution in [3.05, 3.63) is 63.7 Å². The Kier molecular flexibility index (Phi) is 5.08. The third-order valence-electron chi connectivity index (χ3n) is 3.37. The maximum absolute atomic E-state index is 11.4. The number of hydrogen-bond donors (Lipinski definition) is 2. The third kappa shape index (κ3) is 4.37. The fourth-order valence-electron chi connectivity index (χ4n) is 2.23. The van der Waals surface area contributed by atoms with Crippen LogP contribution >= 0.6 is 0 Å². The Balaban J connectivity index is 2.25. The van der Waals surface area contributed by atoms with E-state index < -0.39 is 11.0 Å². The Bertz CT molecular complexity index is 724. The first-order chi connectivity index (χ1) is 10.9. The molecule has 0 amide bonds. The molecule has 0 bridgehead atoms. The Morgan fingerprint density at radius 2 is 1.91 bits per heavy atom. The number of nitrogens with one attached hydrogen (secondary N) is 1. The highest BCUT2D eigenvalue weighted by Crippen LogP contribution is 2.29. The lowest BCUT2D eigenvalue weighted by molar-refractivity contribution is -0.383. The monoisotopic (exact) mass is 314 g/mol. The molecule has 0 aliphatic rings. The van der Waals surface area contributed by atoms with Gasteiger partial charge < -0.3 is 10.4 Å². The number of hydrogen-bond acceptors (Lipinski definition) is 5. The van der Waals surface area contributed by atoms with Crippen LogP contribution in [0.5, 0.6) is 0 Å². The molecule has 120 valence electrons. The van der Waals surface area contributed by atoms with Crippen molar-refractivity contribution >= 4 is 22.8 Å². The van der Waals surface area contributed by atoms with Gasteiger partial charge in [-0.3, -0.25) is 14.9 Å². The van der Waals surface area contributed by atoms with Crippen LogP contribution in [0.1, 0.15) is 29.8 Å². The first-order valence-electron chi connectivity index (χ1n) is 7.20. The molecular formula is C17H18N2O4. The predicted octanol–water partition coefficient (Wildman–Crippen LogP) is 3.46. The number of Topliss-reactive ketones (excluding diaryl/α,β-unsaturated/α-hetero) is 1. The number of aliphatic hydroxyl groups is 1. The third-order valence-corrected chi connectivity index (χ3v) is 3.37. The summed E-state index contributed by atoms with van der Waals surface area (Å²) in [5, 5.41) is 23.5. The van der Waals surface area contributed by atoms with E-state index in [1.807, 2.05) is 12.1 Å². The van der Waals surface area contributed by atoms with Gasteiger partial charge in [-0.05, 0) is 50.1 Å². The molecule has 0 spiro atoms. The highest BCUT2D eigenvalue weighted by molar-refractivity contribution is 5.95. The number of nitrogens with zero attached hydrogens (tertiary/aromatic N) is 1. The van der Waals surface area contributed by atoms with Crippen molar-refractivity contribution in [2.75, 3.05) is 5.32 Å². The van der Waals surface area contributed by atoms with Crippen LogP contribution in [0.3, 0.4) is 0 Å². The Morgan fingerprint density at radius 1 is 1.26 bits per heavy atom. The van der Waals surface area contributed by atoms with E-state index in [-0.39, 0.29) is 11.5 Å². The number of aliphatic hydroxyl groups excluding tert-OH is 1. The second kappa shape index (κ2) is 7.02. The van der Waals surface area contributed by atoms with Crippen molar-refractivity contribution in [2.45, 2.75) is 26.4 Å². The minimum Gasteiger partial charge on any atom is -0.393 e. The fourth-order valence-corrected chi connectivity index (χ4v) is 2.23. The van der Waals surface area contributed by atoms with Gasteiger partial charge in [-0.1, -0.05) is 12.1 Å². The summed E-state index contributed by atoms with van der Waals surface area (Å²) in [6, 6.07) is 11.6. The average molecular weight is 314 g/mol. The Hall–Kier alpha value is -2.73. The fraction of sp³-hybridized carbons (Fsp3) is 0.235. The molecule has 2 N–H and O–H groups in total. The van der Waals surface area contributed by atoms with E-state index in [9.17, 15) is 20.0 Å². The zero-order valence-corrected chi connectivity index (χ0v) is 12.9. The average Bonchev–Trinajstić information content (AvgIpc) is 2.48. The van der Waals surface area contributed by atoms with Crippen molar-refractivity contribution < 1.29 is 14.8 Å². The number of rotatable bonds is 6. The van der Waals surface area contributed by atoms with Crippen LogP contribution in [0, 0.1) is 10.1 Å². The molecule has 6 nitrogen and oxygen atoms in total. The van der Waals surface area contributed by atoms with Gasteiger partial charge in [0.2, 0.25) is 0 Å². The number of ketones is 1. The number of carbonyl (C=O) groups is 1. The molecule has 1 atom stereocenters. The summed E-state index contributed by atoms with van der Waals surface area (Å²) in [4.78, 5) is 22.0. The standard InChI is InChI=1S/C17H18N2O4/c1-11(20)9-13-3-6-15(7-4-13)18-16-8-5-14(12(2)21)10-17(16)19(22)23/h3-8,10-11,18,20H,9H2,1-2H3/t11-/m0/s1. The highest BCUT2D eigenvalue weighted by atomic mass is 16.6. The van der Waals surface area contributed by atoms with Crippen LogP contribution in [0.15, 0.2) is 42.5 Å². The molecule has 6 heteroatoms. The zero-order valence-electron chi connectivity index (χ0n) is 12.9. The van der Waals surface area contributed by atoms with E-state index >= 15 is 0 Å². The molecule has 0 unspecified atom stereocenters. The van der Waals surface area contributed by atoms with E-state index in [0.717, 1.165) is 5.56 Å². The van der Waals surface area contributed by atoms with Gasteiger partial charge in [0.05, 0.1) is 11.0 Å². The summed E-state index contributed by atoms with van der Waals surface area (Å²) in [5.41, 5.74) is 2.15. The summed E-state index contributed by atoms with van der Waals surface area (Å²) >= 11 is 0. The summed E-state index contributed by atoms with van der Waals surface area (Å²) < 4.78 is 0. The van der Waals surface area contributed by atoms with E-state index in [1.54, 1.807) is 25.1 Å². The SMILES string of the molecule is CC(=O)c1ccc(Nc2ccc(C[C@H](C)O)cc2)c([N+](=O)[O-])c1. The van der Waals surface area contributed by atoms with Crippen molar-refractivity contribution in [3.8, 4) is 0 Å². The van der Waals surface area contributed by atoms with E-state index in [1.165, 1.54) is 19.1 Å². The van der Waals surface area contributed by atoms with E-state index in [0.29, 0.717) is 23.4 Å². The highest BCUT2D eigenvalue weighted by Gasteiger charge is 2.16. The number of nitro benzene ring substituents is 1. The Morgan fingerprint density at radius 3 is 2.43 bits per heavy atom. The zero-order chi connectivity index (χ0) is 17.0. The van der Waals surface area contributed by atoms with Crippen LogP contribution in [-0.4, -0.2) is 21.9 Å². The number of carbonyl (C=O) groups excluding carboxylic acids is 1. The summed E-state index contributed by atoms with van der Waals surface area (Å²) in [7, 11) is 0.